The largest absolute Gasteiger partial charge is 0.383 e. The Morgan fingerprint density at radius 3 is 2.84 bits per heavy atom. The van der Waals surface area contributed by atoms with Gasteiger partial charge in [-0.05, 0) is 37.5 Å². The van der Waals surface area contributed by atoms with E-state index >= 15 is 0 Å². The summed E-state index contributed by atoms with van der Waals surface area (Å²) >= 11 is 0. The molecule has 2 aromatic heterocycles. The number of benzene rings is 1. The molecule has 0 fully saturated rings. The van der Waals surface area contributed by atoms with Gasteiger partial charge in [0, 0.05) is 0 Å². The zero-order valence-electron chi connectivity index (χ0n) is 11.4. The molecule has 0 unspecified atom stereocenters. The normalized spacial score (nSPS) is 11.3. The van der Waals surface area contributed by atoms with Gasteiger partial charge in [0.15, 0.2) is 5.65 Å². The Bertz CT molecular complexity index is 751. The minimum atomic E-state index is 0.586. The summed E-state index contributed by atoms with van der Waals surface area (Å²) in [6.45, 7) is 6.22. The zero-order chi connectivity index (χ0) is 13.6. The lowest BCUT2D eigenvalue weighted by Gasteiger charge is -2.07. The van der Waals surface area contributed by atoms with Gasteiger partial charge in [-0.15, -0.1) is 0 Å². The van der Waals surface area contributed by atoms with E-state index in [2.05, 4.69) is 54.3 Å². The Hall–Kier alpha value is -2.30. The summed E-state index contributed by atoms with van der Waals surface area (Å²) in [5.41, 5.74) is 11.1. The number of anilines is 1. The highest BCUT2D eigenvalue weighted by Crippen LogP contribution is 2.26. The van der Waals surface area contributed by atoms with Crippen LogP contribution in [0.1, 0.15) is 23.7 Å². The summed E-state index contributed by atoms with van der Waals surface area (Å²) in [7, 11) is 0. The highest BCUT2D eigenvalue weighted by Gasteiger charge is 2.17. The molecule has 3 N–H and O–H groups in total. The van der Waals surface area contributed by atoms with Gasteiger partial charge in [0.05, 0.1) is 16.8 Å². The van der Waals surface area contributed by atoms with Crippen molar-refractivity contribution in [1.29, 1.82) is 0 Å². The number of H-pyrrole nitrogens is 1. The summed E-state index contributed by atoms with van der Waals surface area (Å²) in [5, 5.41) is 12.7. The topological polar surface area (TPSA) is 72.5 Å². The first-order valence-electron chi connectivity index (χ1n) is 6.41. The number of nitrogens with two attached hydrogens (primary N) is 1. The van der Waals surface area contributed by atoms with E-state index in [0.717, 1.165) is 28.8 Å². The van der Waals surface area contributed by atoms with E-state index in [-0.39, 0.29) is 0 Å². The van der Waals surface area contributed by atoms with Gasteiger partial charge in [0.2, 0.25) is 0 Å². The second-order valence-electron chi connectivity index (χ2n) is 4.84. The third-order valence-corrected chi connectivity index (χ3v) is 3.41. The Balaban J connectivity index is 2.34. The summed E-state index contributed by atoms with van der Waals surface area (Å²) in [5.74, 6) is 0.586. The number of fused-ring (bicyclic) bond motifs is 1. The quantitative estimate of drug-likeness (QED) is 0.739. The first-order chi connectivity index (χ1) is 9.11. The highest BCUT2D eigenvalue weighted by atomic mass is 15.4. The maximum atomic E-state index is 5.94. The van der Waals surface area contributed by atoms with Crippen LogP contribution in [-0.4, -0.2) is 20.0 Å². The standard InChI is InChI=1S/C14H17N5/c1-4-10-12-13(15)16-17-14(12)19(18-10)11-7-8(2)5-6-9(11)3/h5-7H,4H2,1-3H3,(H3,15,16,17). The van der Waals surface area contributed by atoms with Crippen molar-refractivity contribution in [2.75, 3.05) is 5.73 Å². The maximum absolute atomic E-state index is 5.94. The SMILES string of the molecule is CCc1nn(-c2cc(C)ccc2C)c2n[nH]c(N)c12. The molecule has 0 bridgehead atoms. The van der Waals surface area contributed by atoms with Crippen molar-refractivity contribution in [2.24, 2.45) is 0 Å². The molecular formula is C14H17N5. The fraction of sp³-hybridized carbons (Fsp3) is 0.286. The van der Waals surface area contributed by atoms with Crippen LogP contribution in [0.5, 0.6) is 0 Å². The molecule has 5 heteroatoms. The van der Waals surface area contributed by atoms with Gasteiger partial charge in [-0.3, -0.25) is 5.10 Å². The summed E-state index contributed by atoms with van der Waals surface area (Å²) in [6, 6.07) is 6.31. The molecule has 5 nitrogen and oxygen atoms in total. The number of aryl methyl sites for hydroxylation is 3. The lowest BCUT2D eigenvalue weighted by atomic mass is 10.1. The molecular weight excluding hydrogens is 238 g/mol. The number of hydrogen-bond acceptors (Lipinski definition) is 3. The number of rotatable bonds is 2. The Kier molecular flexibility index (Phi) is 2.55. The van der Waals surface area contributed by atoms with Crippen molar-refractivity contribution in [1.82, 2.24) is 20.0 Å². The molecule has 0 saturated carbocycles. The lowest BCUT2D eigenvalue weighted by molar-refractivity contribution is 0.838. The van der Waals surface area contributed by atoms with Crippen LogP contribution in [0.25, 0.3) is 16.7 Å². The fourth-order valence-corrected chi connectivity index (χ4v) is 2.36. The molecule has 19 heavy (non-hydrogen) atoms. The van der Waals surface area contributed by atoms with Gasteiger partial charge in [-0.2, -0.15) is 10.2 Å². The Morgan fingerprint density at radius 1 is 1.32 bits per heavy atom. The predicted octanol–water partition coefficient (Wildman–Crippen LogP) is 2.51. The number of aromatic amines is 1. The Labute approximate surface area is 111 Å². The summed E-state index contributed by atoms with van der Waals surface area (Å²) in [4.78, 5) is 0. The molecule has 0 saturated heterocycles. The number of aromatic nitrogens is 4. The molecule has 0 spiro atoms. The van der Waals surface area contributed by atoms with Crippen LogP contribution in [0.4, 0.5) is 5.82 Å². The van der Waals surface area contributed by atoms with Gasteiger partial charge in [0.25, 0.3) is 0 Å². The van der Waals surface area contributed by atoms with Gasteiger partial charge in [-0.25, -0.2) is 4.68 Å². The first-order valence-corrected chi connectivity index (χ1v) is 6.41. The molecule has 3 aromatic rings. The average Bonchev–Trinajstić information content (AvgIpc) is 2.94. The van der Waals surface area contributed by atoms with Crippen LogP contribution in [0, 0.1) is 13.8 Å². The average molecular weight is 255 g/mol. The van der Waals surface area contributed by atoms with Crippen LogP contribution in [0.15, 0.2) is 18.2 Å². The minimum absolute atomic E-state index is 0.586. The predicted molar refractivity (Wildman–Crippen MR) is 76.5 cm³/mol. The van der Waals surface area contributed by atoms with E-state index in [0.29, 0.717) is 5.82 Å². The van der Waals surface area contributed by atoms with E-state index in [1.54, 1.807) is 0 Å². The van der Waals surface area contributed by atoms with Crippen LogP contribution in [0.2, 0.25) is 0 Å². The molecule has 1 aromatic carbocycles. The van der Waals surface area contributed by atoms with Crippen molar-refractivity contribution < 1.29 is 0 Å². The van der Waals surface area contributed by atoms with E-state index in [1.807, 2.05) is 4.68 Å². The van der Waals surface area contributed by atoms with Gasteiger partial charge in [0.1, 0.15) is 5.82 Å². The molecule has 98 valence electrons. The van der Waals surface area contributed by atoms with Crippen molar-refractivity contribution in [3.8, 4) is 5.69 Å². The van der Waals surface area contributed by atoms with Gasteiger partial charge >= 0.3 is 0 Å². The lowest BCUT2D eigenvalue weighted by Crippen LogP contribution is -2.01. The second-order valence-corrected chi connectivity index (χ2v) is 4.84. The zero-order valence-corrected chi connectivity index (χ0v) is 11.4. The van der Waals surface area contributed by atoms with Crippen molar-refractivity contribution >= 4 is 16.9 Å². The van der Waals surface area contributed by atoms with Crippen molar-refractivity contribution in [3.05, 3.63) is 35.0 Å². The number of nitrogens with zero attached hydrogens (tertiary/aromatic N) is 3. The first kappa shape index (κ1) is 11.8. The third kappa shape index (κ3) is 1.69. The molecule has 2 heterocycles. The summed E-state index contributed by atoms with van der Waals surface area (Å²) in [6.07, 6.45) is 0.831. The Morgan fingerprint density at radius 2 is 2.11 bits per heavy atom. The fourth-order valence-electron chi connectivity index (χ4n) is 2.36. The second kappa shape index (κ2) is 4.12. The van der Waals surface area contributed by atoms with E-state index in [9.17, 15) is 0 Å². The van der Waals surface area contributed by atoms with Crippen LogP contribution in [0.3, 0.4) is 0 Å². The highest BCUT2D eigenvalue weighted by molar-refractivity contribution is 5.90. The van der Waals surface area contributed by atoms with Crippen molar-refractivity contribution in [2.45, 2.75) is 27.2 Å². The van der Waals surface area contributed by atoms with E-state index in [4.69, 9.17) is 5.73 Å². The minimum Gasteiger partial charge on any atom is -0.383 e. The molecule has 3 rings (SSSR count). The summed E-state index contributed by atoms with van der Waals surface area (Å²) < 4.78 is 1.88. The van der Waals surface area contributed by atoms with Crippen molar-refractivity contribution in [3.63, 3.8) is 0 Å². The molecule has 0 radical (unpaired) electrons. The number of hydrogen-bond donors (Lipinski definition) is 2. The molecule has 0 aliphatic carbocycles. The van der Waals surface area contributed by atoms with E-state index in [1.165, 1.54) is 11.1 Å². The van der Waals surface area contributed by atoms with Crippen LogP contribution < -0.4 is 5.73 Å². The molecule has 0 amide bonds. The van der Waals surface area contributed by atoms with E-state index < -0.39 is 0 Å². The monoisotopic (exact) mass is 255 g/mol. The number of nitrogen functional groups attached to an aromatic ring is 1. The maximum Gasteiger partial charge on any atom is 0.186 e. The number of nitrogens with one attached hydrogen (secondary N) is 1. The van der Waals surface area contributed by atoms with Gasteiger partial charge < -0.3 is 5.73 Å². The molecule has 0 aliphatic heterocycles. The third-order valence-electron chi connectivity index (χ3n) is 3.41. The van der Waals surface area contributed by atoms with Crippen LogP contribution in [-0.2, 0) is 6.42 Å². The smallest absolute Gasteiger partial charge is 0.186 e. The van der Waals surface area contributed by atoms with Gasteiger partial charge in [-0.1, -0.05) is 19.1 Å². The van der Waals surface area contributed by atoms with Crippen LogP contribution >= 0.6 is 0 Å². The molecule has 0 aliphatic rings. The molecule has 0 atom stereocenters.